The van der Waals surface area contributed by atoms with Gasteiger partial charge in [-0.25, -0.2) is 0 Å². The fourth-order valence-electron chi connectivity index (χ4n) is 3.69. The van der Waals surface area contributed by atoms with Gasteiger partial charge < -0.3 is 0 Å². The zero-order valence-corrected chi connectivity index (χ0v) is 29.2. The molecule has 0 radical (unpaired) electrons. The fourth-order valence-corrected chi connectivity index (χ4v) is 22.8. The van der Waals surface area contributed by atoms with E-state index >= 15 is 0 Å². The topological polar surface area (TPSA) is 55.4 Å². The number of rotatable bonds is 17. The summed E-state index contributed by atoms with van der Waals surface area (Å²) in [5.41, 5.74) is 0. The van der Waals surface area contributed by atoms with Crippen molar-refractivity contribution in [1.29, 1.82) is 0 Å². The van der Waals surface area contributed by atoms with Crippen LogP contribution < -0.4 is 0 Å². The van der Waals surface area contributed by atoms with Gasteiger partial charge in [-0.15, -0.1) is 0 Å². The minimum absolute atomic E-state index is 0.0688. The maximum absolute atomic E-state index is 6.52. The zero-order valence-electron chi connectivity index (χ0n) is 23.5. The first-order chi connectivity index (χ1) is 14.5. The quantitative estimate of drug-likeness (QED) is 0.155. The van der Waals surface area contributed by atoms with Crippen LogP contribution in [0.2, 0.25) is 7.87 Å². The SMILES string of the molecule is CC(C)[O][Sn]([O]C(C)C)([O]C(C)C)[CH](C)CC[CH](C)[Sn]([O]C(C)C)([O]C(C)C)[O]C(C)C. The molecule has 0 amide bonds. The van der Waals surface area contributed by atoms with Crippen LogP contribution in [0.15, 0.2) is 0 Å². The summed E-state index contributed by atoms with van der Waals surface area (Å²) < 4.78 is 39.6. The van der Waals surface area contributed by atoms with Crippen LogP contribution in [-0.2, 0) is 18.4 Å². The second kappa shape index (κ2) is 15.5. The Kier molecular flexibility index (Phi) is 16.1. The normalized spacial score (nSPS) is 15.8. The molecule has 8 heteroatoms. The molecule has 0 aliphatic heterocycles. The molecule has 0 aliphatic rings. The van der Waals surface area contributed by atoms with Crippen LogP contribution in [0.3, 0.4) is 0 Å². The van der Waals surface area contributed by atoms with Crippen molar-refractivity contribution in [2.45, 2.75) is 154 Å². The molecule has 0 aromatic heterocycles. The molecule has 6 nitrogen and oxygen atoms in total. The molecule has 0 heterocycles. The van der Waals surface area contributed by atoms with Crippen LogP contribution in [0.5, 0.6) is 0 Å². The average Bonchev–Trinajstić information content (AvgIpc) is 2.55. The molecule has 0 rings (SSSR count). The van der Waals surface area contributed by atoms with Gasteiger partial charge in [-0.05, 0) is 0 Å². The van der Waals surface area contributed by atoms with Gasteiger partial charge in [-0.3, -0.25) is 0 Å². The molecule has 0 saturated heterocycles. The van der Waals surface area contributed by atoms with E-state index in [1.807, 2.05) is 0 Å². The molecule has 0 spiro atoms. The molecular formula is C24H54O6Sn2. The Morgan fingerprint density at radius 3 is 0.625 bits per heavy atom. The number of hydrogen-bond donors (Lipinski definition) is 0. The summed E-state index contributed by atoms with van der Waals surface area (Å²) in [4.78, 5) is 0. The first-order valence-electron chi connectivity index (χ1n) is 12.6. The van der Waals surface area contributed by atoms with Crippen LogP contribution in [0.4, 0.5) is 0 Å². The predicted molar refractivity (Wildman–Crippen MR) is 137 cm³/mol. The van der Waals surface area contributed by atoms with Gasteiger partial charge in [-0.1, -0.05) is 0 Å². The monoisotopic (exact) mass is 678 g/mol. The number of hydrogen-bond acceptors (Lipinski definition) is 6. The molecule has 0 saturated carbocycles. The van der Waals surface area contributed by atoms with Gasteiger partial charge >= 0.3 is 212 Å². The Labute approximate surface area is 210 Å². The Hall–Kier alpha value is 1.36. The van der Waals surface area contributed by atoms with E-state index in [-0.39, 0.29) is 44.5 Å². The Balaban J connectivity index is 5.81. The molecule has 0 aromatic carbocycles. The van der Waals surface area contributed by atoms with Crippen molar-refractivity contribution < 1.29 is 18.4 Å². The zero-order chi connectivity index (χ0) is 25.3. The van der Waals surface area contributed by atoms with Crippen molar-refractivity contribution in [2.75, 3.05) is 0 Å². The van der Waals surface area contributed by atoms with Gasteiger partial charge in [0.15, 0.2) is 0 Å². The van der Waals surface area contributed by atoms with Crippen molar-refractivity contribution in [2.24, 2.45) is 0 Å². The van der Waals surface area contributed by atoms with Crippen LogP contribution in [0, 0.1) is 0 Å². The minimum atomic E-state index is -3.84. The van der Waals surface area contributed by atoms with Crippen LogP contribution in [0.25, 0.3) is 0 Å². The average molecular weight is 676 g/mol. The van der Waals surface area contributed by atoms with E-state index in [4.69, 9.17) is 18.4 Å². The molecular weight excluding hydrogens is 622 g/mol. The summed E-state index contributed by atoms with van der Waals surface area (Å²) in [7, 11) is 0. The van der Waals surface area contributed by atoms with E-state index in [1.54, 1.807) is 0 Å². The molecule has 0 aromatic rings. The Morgan fingerprint density at radius 2 is 0.500 bits per heavy atom. The molecule has 0 aliphatic carbocycles. The molecule has 0 bridgehead atoms. The second-order valence-corrected chi connectivity index (χ2v) is 27.1. The summed E-state index contributed by atoms with van der Waals surface area (Å²) >= 11 is -7.68. The summed E-state index contributed by atoms with van der Waals surface area (Å²) in [6, 6.07) is 0. The third-order valence-corrected chi connectivity index (χ3v) is 26.9. The van der Waals surface area contributed by atoms with Gasteiger partial charge in [0.25, 0.3) is 0 Å². The molecule has 2 unspecified atom stereocenters. The van der Waals surface area contributed by atoms with Crippen LogP contribution >= 0.6 is 0 Å². The van der Waals surface area contributed by atoms with Crippen molar-refractivity contribution in [3.05, 3.63) is 0 Å². The van der Waals surface area contributed by atoms with Crippen molar-refractivity contribution in [3.8, 4) is 0 Å². The summed E-state index contributed by atoms with van der Waals surface area (Å²) in [5.74, 6) is 0. The van der Waals surface area contributed by atoms with Gasteiger partial charge in [0.1, 0.15) is 0 Å². The Bertz CT molecular complexity index is 400. The molecule has 0 N–H and O–H groups in total. The predicted octanol–water partition coefficient (Wildman–Crippen LogP) is 6.97. The van der Waals surface area contributed by atoms with Crippen LogP contribution in [0.1, 0.15) is 110 Å². The summed E-state index contributed by atoms with van der Waals surface area (Å²) in [5, 5.41) is 0. The Morgan fingerprint density at radius 1 is 0.344 bits per heavy atom. The van der Waals surface area contributed by atoms with Gasteiger partial charge in [0.05, 0.1) is 0 Å². The van der Waals surface area contributed by atoms with Crippen molar-refractivity contribution in [3.63, 3.8) is 0 Å². The van der Waals surface area contributed by atoms with Gasteiger partial charge in [0, 0.05) is 0 Å². The third kappa shape index (κ3) is 12.4. The van der Waals surface area contributed by atoms with E-state index < -0.39 is 39.2 Å². The first-order valence-corrected chi connectivity index (χ1v) is 22.9. The van der Waals surface area contributed by atoms with E-state index in [9.17, 15) is 0 Å². The van der Waals surface area contributed by atoms with E-state index in [0.29, 0.717) is 0 Å². The standard InChI is InChI=1S/C6H12.6C3H7O.2Sn/c1-3-5-6-4-2;6*1-3(2)4;;/h3-4H,5-6H2,1-2H3;6*3H,1-2H3;;/q;6*-1;2*+3. The van der Waals surface area contributed by atoms with E-state index in [0.717, 1.165) is 12.8 Å². The second-order valence-electron chi connectivity index (χ2n) is 10.6. The van der Waals surface area contributed by atoms with Crippen molar-refractivity contribution >= 4 is 39.2 Å². The fraction of sp³-hybridized carbons (Fsp3) is 1.00. The first kappa shape index (κ1) is 33.4. The van der Waals surface area contributed by atoms with Gasteiger partial charge in [0.2, 0.25) is 0 Å². The van der Waals surface area contributed by atoms with E-state index in [2.05, 4.69) is 96.9 Å². The summed E-state index contributed by atoms with van der Waals surface area (Å²) in [6.07, 6.45) is 2.29. The van der Waals surface area contributed by atoms with Gasteiger partial charge in [-0.2, -0.15) is 0 Å². The molecule has 194 valence electrons. The molecule has 32 heavy (non-hydrogen) atoms. The van der Waals surface area contributed by atoms with E-state index in [1.165, 1.54) is 0 Å². The maximum atomic E-state index is 6.52. The summed E-state index contributed by atoms with van der Waals surface area (Å²) in [6.45, 7) is 29.3. The molecule has 0 fully saturated rings. The third-order valence-electron chi connectivity index (χ3n) is 4.64. The van der Waals surface area contributed by atoms with Crippen LogP contribution in [-0.4, -0.2) is 75.9 Å². The van der Waals surface area contributed by atoms with Crippen molar-refractivity contribution in [1.82, 2.24) is 0 Å². The molecule has 2 atom stereocenters.